The number of benzene rings is 2. The lowest BCUT2D eigenvalue weighted by Gasteiger charge is -2.31. The summed E-state index contributed by atoms with van der Waals surface area (Å²) in [5, 5.41) is 3.04. The van der Waals surface area contributed by atoms with Crippen LogP contribution in [-0.2, 0) is 14.8 Å². The maximum Gasteiger partial charge on any atom is 0.244 e. The molecule has 32 heavy (non-hydrogen) atoms. The van der Waals surface area contributed by atoms with Gasteiger partial charge in [0.05, 0.1) is 25.1 Å². The van der Waals surface area contributed by atoms with E-state index in [1.54, 1.807) is 25.3 Å². The summed E-state index contributed by atoms with van der Waals surface area (Å²) < 4.78 is 32.1. The molecule has 2 aromatic carbocycles. The predicted octanol–water partition coefficient (Wildman–Crippen LogP) is 4.86. The maximum absolute atomic E-state index is 13.3. The van der Waals surface area contributed by atoms with Crippen LogP contribution in [-0.4, -0.2) is 33.7 Å². The van der Waals surface area contributed by atoms with Gasteiger partial charge >= 0.3 is 0 Å². The van der Waals surface area contributed by atoms with Crippen LogP contribution < -0.4 is 14.4 Å². The first-order chi connectivity index (χ1) is 14.9. The Morgan fingerprint density at radius 1 is 1.09 bits per heavy atom. The molecule has 2 atom stereocenters. The van der Waals surface area contributed by atoms with E-state index in [1.165, 1.54) is 4.31 Å². The summed E-state index contributed by atoms with van der Waals surface area (Å²) in [5.41, 5.74) is 4.48. The summed E-state index contributed by atoms with van der Waals surface area (Å²) in [6, 6.07) is 10.1. The molecule has 7 heteroatoms. The van der Waals surface area contributed by atoms with Crippen molar-refractivity contribution in [3.8, 4) is 5.75 Å². The number of methoxy groups -OCH3 is 1. The molecule has 2 rings (SSSR count). The van der Waals surface area contributed by atoms with Crippen molar-refractivity contribution in [3.05, 3.63) is 58.7 Å². The van der Waals surface area contributed by atoms with Gasteiger partial charge in [-0.05, 0) is 79.6 Å². The highest BCUT2D eigenvalue weighted by molar-refractivity contribution is 7.92. The SMILES string of the molecule is CC[C@H](C(=O)N[C@@H](C)c1cc(C(C)C)c(OC)cc1C)N(c1cccc(C)c1)S(C)(=O)=O. The van der Waals surface area contributed by atoms with Crippen molar-refractivity contribution in [2.24, 2.45) is 0 Å². The zero-order valence-electron chi connectivity index (χ0n) is 20.4. The molecule has 0 radical (unpaired) electrons. The molecule has 0 saturated heterocycles. The number of aryl methyl sites for hydroxylation is 2. The van der Waals surface area contributed by atoms with E-state index in [2.05, 4.69) is 25.2 Å². The normalized spacial score (nSPS) is 13.5. The van der Waals surface area contributed by atoms with Crippen LogP contribution >= 0.6 is 0 Å². The van der Waals surface area contributed by atoms with Gasteiger partial charge in [0.25, 0.3) is 0 Å². The molecule has 0 aliphatic carbocycles. The number of hydrogen-bond acceptors (Lipinski definition) is 4. The second kappa shape index (κ2) is 10.4. The van der Waals surface area contributed by atoms with Gasteiger partial charge in [0.2, 0.25) is 15.9 Å². The fraction of sp³-hybridized carbons (Fsp3) is 0.480. The Bertz CT molecular complexity index is 1060. The van der Waals surface area contributed by atoms with Crippen LogP contribution in [0.3, 0.4) is 0 Å². The van der Waals surface area contributed by atoms with Crippen molar-refractivity contribution in [1.29, 1.82) is 0 Å². The van der Waals surface area contributed by atoms with Gasteiger partial charge in [-0.15, -0.1) is 0 Å². The van der Waals surface area contributed by atoms with Crippen molar-refractivity contribution in [2.45, 2.75) is 66.0 Å². The number of rotatable bonds is 9. The minimum Gasteiger partial charge on any atom is -0.496 e. The van der Waals surface area contributed by atoms with E-state index in [-0.39, 0.29) is 17.9 Å². The minimum absolute atomic E-state index is 0.262. The molecule has 1 amide bonds. The van der Waals surface area contributed by atoms with E-state index >= 15 is 0 Å². The summed E-state index contributed by atoms with van der Waals surface area (Å²) >= 11 is 0. The van der Waals surface area contributed by atoms with Crippen molar-refractivity contribution < 1.29 is 17.9 Å². The molecule has 0 aliphatic heterocycles. The number of nitrogens with one attached hydrogen (secondary N) is 1. The lowest BCUT2D eigenvalue weighted by molar-refractivity contribution is -0.122. The van der Waals surface area contributed by atoms with Gasteiger partial charge in [-0.2, -0.15) is 0 Å². The molecule has 0 aromatic heterocycles. The fourth-order valence-electron chi connectivity index (χ4n) is 4.02. The molecular weight excluding hydrogens is 424 g/mol. The molecule has 0 bridgehead atoms. The van der Waals surface area contributed by atoms with Crippen LogP contribution in [0.2, 0.25) is 0 Å². The summed E-state index contributed by atoms with van der Waals surface area (Å²) in [7, 11) is -2.02. The van der Waals surface area contributed by atoms with Crippen molar-refractivity contribution >= 4 is 21.6 Å². The average molecular weight is 461 g/mol. The largest absolute Gasteiger partial charge is 0.496 e. The van der Waals surface area contributed by atoms with Crippen LogP contribution in [0.25, 0.3) is 0 Å². The monoisotopic (exact) mass is 460 g/mol. The van der Waals surface area contributed by atoms with Gasteiger partial charge in [-0.3, -0.25) is 9.10 Å². The standard InChI is InChI=1S/C25H36N2O4S/c1-9-23(27(32(8,29)30)20-12-10-11-17(4)13-20)25(28)26-19(6)22-15-21(16(2)3)24(31-7)14-18(22)5/h10-16,19,23H,9H2,1-8H3,(H,26,28)/t19-,23+/m0/s1. The summed E-state index contributed by atoms with van der Waals surface area (Å²) in [6.07, 6.45) is 1.48. The van der Waals surface area contributed by atoms with Gasteiger partial charge in [0.1, 0.15) is 11.8 Å². The van der Waals surface area contributed by atoms with Crippen molar-refractivity contribution in [3.63, 3.8) is 0 Å². The van der Waals surface area contributed by atoms with E-state index in [9.17, 15) is 13.2 Å². The first-order valence-electron chi connectivity index (χ1n) is 11.0. The number of ether oxygens (including phenoxy) is 1. The van der Waals surface area contributed by atoms with E-state index in [1.807, 2.05) is 39.8 Å². The van der Waals surface area contributed by atoms with Crippen LogP contribution in [0.4, 0.5) is 5.69 Å². The number of carbonyl (C=O) groups excluding carboxylic acids is 1. The number of nitrogens with zero attached hydrogens (tertiary/aromatic N) is 1. The zero-order chi connectivity index (χ0) is 24.2. The topological polar surface area (TPSA) is 75.7 Å². The fourth-order valence-corrected chi connectivity index (χ4v) is 5.23. The van der Waals surface area contributed by atoms with Gasteiger partial charge < -0.3 is 10.1 Å². The Labute approximate surface area is 193 Å². The second-order valence-electron chi connectivity index (χ2n) is 8.66. The lowest BCUT2D eigenvalue weighted by Crippen LogP contribution is -2.49. The Balaban J connectivity index is 2.39. The smallest absolute Gasteiger partial charge is 0.244 e. The molecule has 0 unspecified atom stereocenters. The molecule has 0 saturated carbocycles. The zero-order valence-corrected chi connectivity index (χ0v) is 21.2. The minimum atomic E-state index is -3.67. The number of amides is 1. The molecule has 6 nitrogen and oxygen atoms in total. The predicted molar refractivity (Wildman–Crippen MR) is 131 cm³/mol. The van der Waals surface area contributed by atoms with E-state index in [4.69, 9.17) is 4.74 Å². The summed E-state index contributed by atoms with van der Waals surface area (Å²) in [5.74, 6) is 0.764. The van der Waals surface area contributed by atoms with Crippen LogP contribution in [0.5, 0.6) is 5.75 Å². The second-order valence-corrected chi connectivity index (χ2v) is 10.5. The number of hydrogen-bond donors (Lipinski definition) is 1. The molecule has 1 N–H and O–H groups in total. The van der Waals surface area contributed by atoms with Crippen LogP contribution in [0, 0.1) is 13.8 Å². The van der Waals surface area contributed by atoms with E-state index < -0.39 is 16.1 Å². The van der Waals surface area contributed by atoms with Gasteiger partial charge in [-0.25, -0.2) is 8.42 Å². The third kappa shape index (κ3) is 5.82. The Morgan fingerprint density at radius 2 is 1.75 bits per heavy atom. The molecule has 0 heterocycles. The molecule has 0 aliphatic rings. The number of anilines is 1. The molecular formula is C25H36N2O4S. The lowest BCUT2D eigenvalue weighted by atomic mass is 9.93. The third-order valence-corrected chi connectivity index (χ3v) is 6.83. The quantitative estimate of drug-likeness (QED) is 0.580. The van der Waals surface area contributed by atoms with Crippen LogP contribution in [0.15, 0.2) is 36.4 Å². The Morgan fingerprint density at radius 3 is 2.25 bits per heavy atom. The van der Waals surface area contributed by atoms with Crippen molar-refractivity contribution in [2.75, 3.05) is 17.7 Å². The molecule has 0 spiro atoms. The average Bonchev–Trinajstić information content (AvgIpc) is 2.69. The van der Waals surface area contributed by atoms with Crippen LogP contribution in [0.1, 0.15) is 68.3 Å². The highest BCUT2D eigenvalue weighted by Gasteiger charge is 2.32. The van der Waals surface area contributed by atoms with Crippen molar-refractivity contribution in [1.82, 2.24) is 5.32 Å². The molecule has 0 fully saturated rings. The number of sulfonamides is 1. The van der Waals surface area contributed by atoms with E-state index in [0.717, 1.165) is 34.3 Å². The highest BCUT2D eigenvalue weighted by Crippen LogP contribution is 2.32. The highest BCUT2D eigenvalue weighted by atomic mass is 32.2. The maximum atomic E-state index is 13.3. The Hall–Kier alpha value is -2.54. The van der Waals surface area contributed by atoms with Gasteiger partial charge in [-0.1, -0.05) is 32.9 Å². The molecule has 2 aromatic rings. The molecule has 176 valence electrons. The third-order valence-electron chi connectivity index (χ3n) is 5.65. The van der Waals surface area contributed by atoms with Gasteiger partial charge in [0, 0.05) is 0 Å². The summed E-state index contributed by atoms with van der Waals surface area (Å²) in [4.78, 5) is 13.3. The van der Waals surface area contributed by atoms with Gasteiger partial charge in [0.15, 0.2) is 0 Å². The Kier molecular flexibility index (Phi) is 8.35. The first-order valence-corrected chi connectivity index (χ1v) is 12.8. The van der Waals surface area contributed by atoms with E-state index in [0.29, 0.717) is 12.1 Å². The summed E-state index contributed by atoms with van der Waals surface area (Å²) in [6.45, 7) is 11.8. The first kappa shape index (κ1) is 25.7. The number of carbonyl (C=O) groups is 1.